The van der Waals surface area contributed by atoms with Crippen molar-refractivity contribution < 1.29 is 4.92 Å². The highest BCUT2D eigenvalue weighted by Crippen LogP contribution is 2.28. The Kier molecular flexibility index (Phi) is 3.04. The van der Waals surface area contributed by atoms with E-state index in [1.165, 1.54) is 6.07 Å². The van der Waals surface area contributed by atoms with Crippen LogP contribution in [0.25, 0.3) is 0 Å². The fourth-order valence-electron chi connectivity index (χ4n) is 1.73. The minimum absolute atomic E-state index is 0.0807. The van der Waals surface area contributed by atoms with Gasteiger partial charge in [0.15, 0.2) is 0 Å². The molecule has 0 aliphatic heterocycles. The molecule has 2 aromatic rings. The Balaban J connectivity index is 2.40. The second kappa shape index (κ2) is 4.65. The maximum Gasteiger partial charge on any atom is 0.292 e. The number of nitrogens with one attached hydrogen (secondary N) is 1. The van der Waals surface area contributed by atoms with E-state index in [4.69, 9.17) is 0 Å². The fourth-order valence-corrected chi connectivity index (χ4v) is 1.73. The predicted molar refractivity (Wildman–Crippen MR) is 64.0 cm³/mol. The molecule has 0 atom stereocenters. The first-order valence-electron chi connectivity index (χ1n) is 5.14. The third-order valence-electron chi connectivity index (χ3n) is 2.47. The van der Waals surface area contributed by atoms with Crippen molar-refractivity contribution in [3.8, 4) is 0 Å². The molecule has 0 aliphatic carbocycles. The van der Waals surface area contributed by atoms with Crippen LogP contribution in [0.15, 0.2) is 36.7 Å². The van der Waals surface area contributed by atoms with Crippen molar-refractivity contribution in [2.24, 2.45) is 0 Å². The van der Waals surface area contributed by atoms with Crippen LogP contribution < -0.4 is 5.32 Å². The van der Waals surface area contributed by atoms with Gasteiger partial charge in [-0.1, -0.05) is 12.1 Å². The lowest BCUT2D eigenvalue weighted by Crippen LogP contribution is -2.05. The van der Waals surface area contributed by atoms with Gasteiger partial charge in [-0.3, -0.25) is 14.8 Å². The average Bonchev–Trinajstić information content (AvgIpc) is 2.81. The van der Waals surface area contributed by atoms with Gasteiger partial charge in [0, 0.05) is 31.1 Å². The number of aromatic nitrogens is 2. The lowest BCUT2D eigenvalue weighted by Gasteiger charge is -2.09. The summed E-state index contributed by atoms with van der Waals surface area (Å²) < 4.78 is 1.72. The number of hydrogen-bond donors (Lipinski definition) is 1. The van der Waals surface area contributed by atoms with Crippen molar-refractivity contribution >= 4 is 11.4 Å². The molecule has 0 unspecified atom stereocenters. The Morgan fingerprint density at radius 3 is 2.88 bits per heavy atom. The molecule has 0 aliphatic rings. The van der Waals surface area contributed by atoms with E-state index < -0.39 is 4.92 Å². The monoisotopic (exact) mass is 232 g/mol. The highest BCUT2D eigenvalue weighted by molar-refractivity contribution is 5.66. The molecule has 0 saturated heterocycles. The summed E-state index contributed by atoms with van der Waals surface area (Å²) in [5.74, 6) is 0. The molecular weight excluding hydrogens is 220 g/mol. The van der Waals surface area contributed by atoms with E-state index in [2.05, 4.69) is 10.4 Å². The van der Waals surface area contributed by atoms with Gasteiger partial charge in [-0.15, -0.1) is 0 Å². The van der Waals surface area contributed by atoms with Gasteiger partial charge in [-0.25, -0.2) is 0 Å². The van der Waals surface area contributed by atoms with Crippen LogP contribution in [0.5, 0.6) is 0 Å². The Morgan fingerprint density at radius 2 is 2.29 bits per heavy atom. The zero-order valence-corrected chi connectivity index (χ0v) is 9.33. The Morgan fingerprint density at radius 1 is 1.47 bits per heavy atom. The predicted octanol–water partition coefficient (Wildman–Crippen LogP) is 1.88. The molecule has 0 fully saturated rings. The molecule has 0 spiro atoms. The van der Waals surface area contributed by atoms with Crippen LogP contribution in [0.4, 0.5) is 11.4 Å². The molecule has 0 amide bonds. The zero-order chi connectivity index (χ0) is 12.3. The van der Waals surface area contributed by atoms with Crippen molar-refractivity contribution in [3.63, 3.8) is 0 Å². The average molecular weight is 232 g/mol. The van der Waals surface area contributed by atoms with Gasteiger partial charge < -0.3 is 5.32 Å². The van der Waals surface area contributed by atoms with E-state index in [-0.39, 0.29) is 5.69 Å². The summed E-state index contributed by atoms with van der Waals surface area (Å²) in [7, 11) is 1.68. The van der Waals surface area contributed by atoms with E-state index >= 15 is 0 Å². The number of para-hydroxylation sites is 1. The van der Waals surface area contributed by atoms with Crippen LogP contribution in [0.3, 0.4) is 0 Å². The van der Waals surface area contributed by atoms with Crippen LogP contribution >= 0.6 is 0 Å². The second-order valence-electron chi connectivity index (χ2n) is 3.52. The maximum absolute atomic E-state index is 10.9. The molecule has 6 heteroatoms. The van der Waals surface area contributed by atoms with Gasteiger partial charge in [0.05, 0.1) is 11.5 Å². The number of benzene rings is 1. The first kappa shape index (κ1) is 11.1. The zero-order valence-electron chi connectivity index (χ0n) is 9.33. The van der Waals surface area contributed by atoms with Crippen LogP contribution in [0.1, 0.15) is 5.56 Å². The minimum atomic E-state index is -0.390. The first-order chi connectivity index (χ1) is 8.22. The van der Waals surface area contributed by atoms with Crippen molar-refractivity contribution in [1.82, 2.24) is 9.78 Å². The second-order valence-corrected chi connectivity index (χ2v) is 3.52. The quantitative estimate of drug-likeness (QED) is 0.645. The van der Waals surface area contributed by atoms with Crippen LogP contribution in [-0.2, 0) is 6.54 Å². The molecule has 0 radical (unpaired) electrons. The molecule has 6 nitrogen and oxygen atoms in total. The van der Waals surface area contributed by atoms with E-state index in [1.807, 2.05) is 18.3 Å². The van der Waals surface area contributed by atoms with Gasteiger partial charge in [0.1, 0.15) is 5.69 Å². The molecule has 1 aromatic carbocycles. The lowest BCUT2D eigenvalue weighted by atomic mass is 10.1. The largest absolute Gasteiger partial charge is 0.382 e. The number of nitrogens with zero attached hydrogens (tertiary/aromatic N) is 3. The number of rotatable bonds is 4. The van der Waals surface area contributed by atoms with E-state index in [9.17, 15) is 10.1 Å². The molecule has 2 rings (SSSR count). The van der Waals surface area contributed by atoms with Gasteiger partial charge in [-0.05, 0) is 6.07 Å². The maximum atomic E-state index is 10.9. The van der Waals surface area contributed by atoms with E-state index in [0.29, 0.717) is 12.2 Å². The number of nitro benzene ring substituents is 1. The highest BCUT2D eigenvalue weighted by Gasteiger charge is 2.16. The molecular formula is C11H12N4O2. The van der Waals surface area contributed by atoms with Crippen LogP contribution in [-0.4, -0.2) is 21.8 Å². The smallest absolute Gasteiger partial charge is 0.292 e. The highest BCUT2D eigenvalue weighted by atomic mass is 16.6. The minimum Gasteiger partial charge on any atom is -0.382 e. The van der Waals surface area contributed by atoms with Gasteiger partial charge in [-0.2, -0.15) is 5.10 Å². The number of anilines is 1. The molecule has 0 saturated carbocycles. The Labute approximate surface area is 98.0 Å². The molecule has 17 heavy (non-hydrogen) atoms. The van der Waals surface area contributed by atoms with Crippen LogP contribution in [0, 0.1) is 10.1 Å². The SMILES string of the molecule is CNc1c(Cn2cccn2)cccc1[N+](=O)[O-]. The number of hydrogen-bond acceptors (Lipinski definition) is 4. The summed E-state index contributed by atoms with van der Waals surface area (Å²) >= 11 is 0. The number of nitro groups is 1. The first-order valence-corrected chi connectivity index (χ1v) is 5.14. The molecule has 0 bridgehead atoms. The van der Waals surface area contributed by atoms with Gasteiger partial charge >= 0.3 is 0 Å². The van der Waals surface area contributed by atoms with Gasteiger partial charge in [0.2, 0.25) is 0 Å². The summed E-state index contributed by atoms with van der Waals surface area (Å²) in [6.07, 6.45) is 3.49. The third-order valence-corrected chi connectivity index (χ3v) is 2.47. The molecule has 1 aromatic heterocycles. The topological polar surface area (TPSA) is 73.0 Å². The standard InChI is InChI=1S/C11H12N4O2/c1-12-11-9(8-14-7-3-6-13-14)4-2-5-10(11)15(16)17/h2-7,12H,8H2,1H3. The van der Waals surface area contributed by atoms with Crippen LogP contribution in [0.2, 0.25) is 0 Å². The van der Waals surface area contributed by atoms with E-state index in [0.717, 1.165) is 5.56 Å². The Bertz CT molecular complexity index is 522. The fraction of sp³-hybridized carbons (Fsp3) is 0.182. The molecule has 1 N–H and O–H groups in total. The normalized spacial score (nSPS) is 10.2. The van der Waals surface area contributed by atoms with Gasteiger partial charge in [0.25, 0.3) is 5.69 Å². The van der Waals surface area contributed by atoms with Crippen molar-refractivity contribution in [3.05, 3.63) is 52.3 Å². The Hall–Kier alpha value is -2.37. The summed E-state index contributed by atoms with van der Waals surface area (Å²) in [5, 5.41) is 17.8. The summed E-state index contributed by atoms with van der Waals surface area (Å²) in [6.45, 7) is 0.505. The summed E-state index contributed by atoms with van der Waals surface area (Å²) in [5.41, 5.74) is 1.45. The van der Waals surface area contributed by atoms with Crippen molar-refractivity contribution in [2.45, 2.75) is 6.54 Å². The molecule has 1 heterocycles. The molecule has 88 valence electrons. The van der Waals surface area contributed by atoms with Crippen molar-refractivity contribution in [2.75, 3.05) is 12.4 Å². The summed E-state index contributed by atoms with van der Waals surface area (Å²) in [4.78, 5) is 10.5. The van der Waals surface area contributed by atoms with Crippen molar-refractivity contribution in [1.29, 1.82) is 0 Å². The third kappa shape index (κ3) is 2.25. The van der Waals surface area contributed by atoms with E-state index in [1.54, 1.807) is 24.0 Å². The lowest BCUT2D eigenvalue weighted by molar-refractivity contribution is -0.384. The summed E-state index contributed by atoms with van der Waals surface area (Å²) in [6, 6.07) is 6.83.